The fourth-order valence-electron chi connectivity index (χ4n) is 3.38. The molecule has 90 valence electrons. The minimum Gasteiger partial charge on any atom is -0.333 e. The topological polar surface area (TPSA) is 20.3 Å². The first-order chi connectivity index (χ1) is 8.36. The van der Waals surface area contributed by atoms with Crippen LogP contribution in [0.3, 0.4) is 0 Å². The molecule has 0 spiro atoms. The highest BCUT2D eigenvalue weighted by atomic mass is 16.2. The Balaban J connectivity index is 1.86. The predicted molar refractivity (Wildman–Crippen MR) is 67.9 cm³/mol. The average molecular weight is 229 g/mol. The van der Waals surface area contributed by atoms with Crippen LogP contribution in [-0.4, -0.2) is 22.9 Å². The van der Waals surface area contributed by atoms with Crippen molar-refractivity contribution >= 4 is 5.91 Å². The number of carbonyl (C=O) groups excluding carboxylic acids is 1. The zero-order valence-corrected chi connectivity index (χ0v) is 10.1. The van der Waals surface area contributed by atoms with E-state index in [2.05, 4.69) is 4.90 Å². The average Bonchev–Trinajstić information content (AvgIpc) is 2.38. The van der Waals surface area contributed by atoms with Crippen molar-refractivity contribution in [3.8, 4) is 0 Å². The summed E-state index contributed by atoms with van der Waals surface area (Å²) in [5, 5.41) is 0. The number of amides is 1. The van der Waals surface area contributed by atoms with Crippen molar-refractivity contribution in [2.45, 2.75) is 50.6 Å². The van der Waals surface area contributed by atoms with Crippen molar-refractivity contribution in [1.82, 2.24) is 4.90 Å². The van der Waals surface area contributed by atoms with Crippen LogP contribution < -0.4 is 0 Å². The van der Waals surface area contributed by atoms with Crippen LogP contribution in [0.1, 0.15) is 48.9 Å². The molecule has 3 rings (SSSR count). The normalized spacial score (nSPS) is 27.9. The van der Waals surface area contributed by atoms with Gasteiger partial charge in [-0.05, 0) is 50.7 Å². The number of rotatable bonds is 1. The number of benzene rings is 1. The molecule has 0 unspecified atom stereocenters. The van der Waals surface area contributed by atoms with Gasteiger partial charge in [0, 0.05) is 17.6 Å². The van der Waals surface area contributed by atoms with Crippen molar-refractivity contribution in [3.63, 3.8) is 0 Å². The van der Waals surface area contributed by atoms with Crippen LogP contribution in [0, 0.1) is 0 Å². The van der Waals surface area contributed by atoms with Gasteiger partial charge in [-0.25, -0.2) is 0 Å². The fraction of sp³-hybridized carbons (Fsp3) is 0.533. The van der Waals surface area contributed by atoms with Gasteiger partial charge in [0.15, 0.2) is 0 Å². The van der Waals surface area contributed by atoms with Crippen molar-refractivity contribution in [3.05, 3.63) is 35.9 Å². The highest BCUT2D eigenvalue weighted by Crippen LogP contribution is 2.34. The van der Waals surface area contributed by atoms with E-state index in [1.54, 1.807) is 0 Å². The summed E-state index contributed by atoms with van der Waals surface area (Å²) in [7, 11) is 0. The van der Waals surface area contributed by atoms with Gasteiger partial charge in [0.05, 0.1) is 0 Å². The zero-order chi connectivity index (χ0) is 11.7. The Hall–Kier alpha value is -1.31. The summed E-state index contributed by atoms with van der Waals surface area (Å²) in [5.74, 6) is 0.250. The smallest absolute Gasteiger partial charge is 0.254 e. The molecule has 2 heterocycles. The van der Waals surface area contributed by atoms with Crippen molar-refractivity contribution < 1.29 is 4.79 Å². The van der Waals surface area contributed by atoms with E-state index in [1.165, 1.54) is 38.5 Å². The highest BCUT2D eigenvalue weighted by Gasteiger charge is 2.36. The van der Waals surface area contributed by atoms with Crippen LogP contribution in [0.4, 0.5) is 0 Å². The Labute approximate surface area is 103 Å². The van der Waals surface area contributed by atoms with Gasteiger partial charge in [-0.3, -0.25) is 4.79 Å². The molecule has 2 heteroatoms. The standard InChI is InChI=1S/C15H19NO/c17-15(12-6-2-1-3-7-12)16-13-8-4-9-14(16)11-5-10-13/h1-3,6-7,13-14H,4-5,8-11H2. The lowest BCUT2D eigenvalue weighted by atomic mass is 9.84. The minimum atomic E-state index is 0.250. The van der Waals surface area contributed by atoms with Crippen LogP contribution >= 0.6 is 0 Å². The van der Waals surface area contributed by atoms with Gasteiger partial charge in [0.1, 0.15) is 0 Å². The molecule has 17 heavy (non-hydrogen) atoms. The molecule has 2 fully saturated rings. The summed E-state index contributed by atoms with van der Waals surface area (Å²) in [6, 6.07) is 10.8. The second-order valence-corrected chi connectivity index (χ2v) is 5.25. The number of hydrogen-bond acceptors (Lipinski definition) is 1. The summed E-state index contributed by atoms with van der Waals surface area (Å²) in [6.45, 7) is 0. The van der Waals surface area contributed by atoms with Crippen LogP contribution in [-0.2, 0) is 0 Å². The van der Waals surface area contributed by atoms with Crippen molar-refractivity contribution in [2.24, 2.45) is 0 Å². The quantitative estimate of drug-likeness (QED) is 0.724. The Morgan fingerprint density at radius 3 is 2.00 bits per heavy atom. The van der Waals surface area contributed by atoms with E-state index >= 15 is 0 Å². The second-order valence-electron chi connectivity index (χ2n) is 5.25. The maximum absolute atomic E-state index is 12.5. The molecule has 0 atom stereocenters. The van der Waals surface area contributed by atoms with Crippen LogP contribution in [0.5, 0.6) is 0 Å². The molecule has 1 aromatic rings. The third-order valence-corrected chi connectivity index (χ3v) is 4.19. The molecule has 2 saturated heterocycles. The third kappa shape index (κ3) is 1.97. The number of carbonyl (C=O) groups is 1. The molecule has 2 nitrogen and oxygen atoms in total. The lowest BCUT2D eigenvalue weighted by molar-refractivity contribution is 0.0285. The SMILES string of the molecule is O=C(c1ccccc1)N1C2CCCC1CCC2. The zero-order valence-electron chi connectivity index (χ0n) is 10.1. The molecule has 2 aliphatic rings. The number of piperidine rings is 2. The lowest BCUT2D eigenvalue weighted by Gasteiger charge is -2.46. The van der Waals surface area contributed by atoms with E-state index in [0.717, 1.165) is 5.56 Å². The van der Waals surface area contributed by atoms with Gasteiger partial charge in [-0.2, -0.15) is 0 Å². The van der Waals surface area contributed by atoms with E-state index in [4.69, 9.17) is 0 Å². The van der Waals surface area contributed by atoms with Crippen LogP contribution in [0.2, 0.25) is 0 Å². The van der Waals surface area contributed by atoms with Crippen LogP contribution in [0.25, 0.3) is 0 Å². The molecular formula is C15H19NO. The molecule has 0 aliphatic carbocycles. The lowest BCUT2D eigenvalue weighted by Crippen LogP contribution is -2.52. The molecule has 2 aliphatic heterocycles. The Bertz CT molecular complexity index is 379. The first kappa shape index (κ1) is 10.8. The van der Waals surface area contributed by atoms with E-state index < -0.39 is 0 Å². The molecule has 0 radical (unpaired) electrons. The summed E-state index contributed by atoms with van der Waals surface area (Å²) in [6.07, 6.45) is 7.41. The first-order valence-electron chi connectivity index (χ1n) is 6.74. The van der Waals surface area contributed by atoms with Gasteiger partial charge in [-0.15, -0.1) is 0 Å². The number of hydrogen-bond donors (Lipinski definition) is 0. The minimum absolute atomic E-state index is 0.250. The van der Waals surface area contributed by atoms with E-state index in [0.29, 0.717) is 12.1 Å². The highest BCUT2D eigenvalue weighted by molar-refractivity contribution is 5.94. The Kier molecular flexibility index (Phi) is 2.87. The van der Waals surface area contributed by atoms with E-state index in [9.17, 15) is 4.79 Å². The van der Waals surface area contributed by atoms with Gasteiger partial charge < -0.3 is 4.90 Å². The third-order valence-electron chi connectivity index (χ3n) is 4.19. The maximum Gasteiger partial charge on any atom is 0.254 e. The van der Waals surface area contributed by atoms with E-state index in [-0.39, 0.29) is 5.91 Å². The summed E-state index contributed by atoms with van der Waals surface area (Å²) in [5.41, 5.74) is 0.853. The molecule has 1 amide bonds. The Morgan fingerprint density at radius 1 is 0.941 bits per heavy atom. The monoisotopic (exact) mass is 229 g/mol. The van der Waals surface area contributed by atoms with Gasteiger partial charge in [-0.1, -0.05) is 18.2 Å². The molecule has 0 N–H and O–H groups in total. The van der Waals surface area contributed by atoms with Crippen LogP contribution in [0.15, 0.2) is 30.3 Å². The first-order valence-corrected chi connectivity index (χ1v) is 6.74. The molecule has 1 aromatic carbocycles. The maximum atomic E-state index is 12.5. The molecule has 0 aromatic heterocycles. The summed E-state index contributed by atoms with van der Waals surface area (Å²) < 4.78 is 0. The van der Waals surface area contributed by atoms with Gasteiger partial charge in [0.2, 0.25) is 0 Å². The van der Waals surface area contributed by atoms with Crippen molar-refractivity contribution in [1.29, 1.82) is 0 Å². The van der Waals surface area contributed by atoms with Crippen molar-refractivity contribution in [2.75, 3.05) is 0 Å². The van der Waals surface area contributed by atoms with E-state index in [1.807, 2.05) is 30.3 Å². The number of fused-ring (bicyclic) bond motifs is 2. The summed E-state index contributed by atoms with van der Waals surface area (Å²) >= 11 is 0. The molecule has 0 saturated carbocycles. The Morgan fingerprint density at radius 2 is 1.47 bits per heavy atom. The molecule has 2 bridgehead atoms. The predicted octanol–water partition coefficient (Wildman–Crippen LogP) is 3.23. The largest absolute Gasteiger partial charge is 0.333 e. The number of nitrogens with zero attached hydrogens (tertiary/aromatic N) is 1. The molecular weight excluding hydrogens is 210 g/mol. The fourth-order valence-corrected chi connectivity index (χ4v) is 3.38. The van der Waals surface area contributed by atoms with Gasteiger partial charge in [0.25, 0.3) is 5.91 Å². The second kappa shape index (κ2) is 4.52. The summed E-state index contributed by atoms with van der Waals surface area (Å²) in [4.78, 5) is 14.7. The van der Waals surface area contributed by atoms with Gasteiger partial charge >= 0.3 is 0 Å².